The molecule has 8 heteroatoms. The molecule has 0 aromatic carbocycles. The Labute approximate surface area is 176 Å². The Balaban J connectivity index is 1.39. The number of aromatic nitrogens is 2. The van der Waals surface area contributed by atoms with Crippen LogP contribution in [0, 0.1) is 5.92 Å². The Morgan fingerprint density at radius 3 is 2.50 bits per heavy atom. The van der Waals surface area contributed by atoms with Crippen molar-refractivity contribution in [3.63, 3.8) is 0 Å². The predicted octanol–water partition coefficient (Wildman–Crippen LogP) is 3.50. The molecule has 4 heterocycles. The van der Waals surface area contributed by atoms with E-state index < -0.39 is 5.60 Å². The minimum atomic E-state index is -0.495. The van der Waals surface area contributed by atoms with Crippen molar-refractivity contribution in [2.24, 2.45) is 5.92 Å². The minimum absolute atomic E-state index is 0.0502. The van der Waals surface area contributed by atoms with E-state index in [1.54, 1.807) is 0 Å². The van der Waals surface area contributed by atoms with E-state index in [1.807, 2.05) is 44.0 Å². The lowest BCUT2D eigenvalue weighted by Crippen LogP contribution is -2.56. The number of ether oxygens (including phenoxy) is 1. The van der Waals surface area contributed by atoms with E-state index in [9.17, 15) is 9.59 Å². The molecule has 2 aliphatic heterocycles. The molecule has 2 amide bonds. The number of hydrogen-bond acceptors (Lipinski definition) is 5. The average Bonchev–Trinajstić information content (AvgIpc) is 3.35. The topological polar surface area (TPSA) is 90.6 Å². The fourth-order valence-electron chi connectivity index (χ4n) is 4.63. The van der Waals surface area contributed by atoms with Gasteiger partial charge in [0.1, 0.15) is 17.1 Å². The first-order valence-electron chi connectivity index (χ1n) is 10.8. The third-order valence-electron chi connectivity index (χ3n) is 6.13. The Morgan fingerprint density at radius 2 is 1.87 bits per heavy atom. The van der Waals surface area contributed by atoms with Gasteiger partial charge in [-0.3, -0.25) is 9.69 Å². The smallest absolute Gasteiger partial charge is 0.410 e. The largest absolute Gasteiger partial charge is 0.444 e. The van der Waals surface area contributed by atoms with Crippen LogP contribution in [0.3, 0.4) is 0 Å². The third kappa shape index (κ3) is 3.59. The van der Waals surface area contributed by atoms with Crippen LogP contribution < -0.4 is 10.2 Å². The first-order valence-corrected chi connectivity index (χ1v) is 10.8. The van der Waals surface area contributed by atoms with E-state index >= 15 is 0 Å². The Kier molecular flexibility index (Phi) is 4.41. The quantitative estimate of drug-likeness (QED) is 0.807. The van der Waals surface area contributed by atoms with Gasteiger partial charge in [0.15, 0.2) is 0 Å². The number of pyridine rings is 1. The second-order valence-electron chi connectivity index (χ2n) is 9.71. The molecule has 2 N–H and O–H groups in total. The number of hydrogen-bond donors (Lipinski definition) is 2. The highest BCUT2D eigenvalue weighted by Gasteiger charge is 2.44. The number of nitrogens with zero attached hydrogens (tertiary/aromatic N) is 3. The minimum Gasteiger partial charge on any atom is -0.444 e. The summed E-state index contributed by atoms with van der Waals surface area (Å²) in [7, 11) is 0. The van der Waals surface area contributed by atoms with E-state index in [2.05, 4.69) is 20.2 Å². The van der Waals surface area contributed by atoms with Gasteiger partial charge in [0, 0.05) is 36.7 Å². The highest BCUT2D eigenvalue weighted by Crippen LogP contribution is 2.37. The van der Waals surface area contributed by atoms with Crippen molar-refractivity contribution in [1.82, 2.24) is 14.9 Å². The molecule has 2 aromatic heterocycles. The van der Waals surface area contributed by atoms with Crippen molar-refractivity contribution in [2.75, 3.05) is 23.3 Å². The molecule has 30 heavy (non-hydrogen) atoms. The number of carbonyl (C=O) groups excluding carboxylic acids is 2. The summed E-state index contributed by atoms with van der Waals surface area (Å²) in [5, 5.41) is 4.01. The first-order chi connectivity index (χ1) is 14.3. The standard InChI is InChI=1S/C22H29N5O3/c1-22(2,3)30-21(29)27-14-6-7-15(27)12-26(11-14)17-10-18(25-20(28)13-4-5-13)24-19-16(17)8-9-23-19/h8-10,13-15H,4-7,11-12H2,1-3H3,(H2,23,24,25,28). The normalized spacial score (nSPS) is 23.7. The monoisotopic (exact) mass is 411 g/mol. The number of amides is 2. The molecule has 2 unspecified atom stereocenters. The fraction of sp³-hybridized carbons (Fsp3) is 0.591. The molecule has 160 valence electrons. The summed E-state index contributed by atoms with van der Waals surface area (Å²) in [6.45, 7) is 7.20. The number of carbonyl (C=O) groups is 2. The maximum Gasteiger partial charge on any atom is 0.410 e. The zero-order chi connectivity index (χ0) is 21.0. The van der Waals surface area contributed by atoms with Crippen LogP contribution >= 0.6 is 0 Å². The molecule has 0 spiro atoms. The second-order valence-corrected chi connectivity index (χ2v) is 9.71. The predicted molar refractivity (Wildman–Crippen MR) is 115 cm³/mol. The Morgan fingerprint density at radius 1 is 1.17 bits per heavy atom. The first kappa shape index (κ1) is 19.2. The van der Waals surface area contributed by atoms with E-state index in [-0.39, 0.29) is 30.0 Å². The molecule has 0 radical (unpaired) electrons. The molecule has 1 saturated carbocycles. The van der Waals surface area contributed by atoms with Crippen LogP contribution in [0.5, 0.6) is 0 Å². The third-order valence-corrected chi connectivity index (χ3v) is 6.13. The summed E-state index contributed by atoms with van der Waals surface area (Å²) in [6.07, 6.45) is 5.53. The number of rotatable bonds is 3. The molecule has 2 saturated heterocycles. The Bertz CT molecular complexity index is 976. The molecule has 3 fully saturated rings. The van der Waals surface area contributed by atoms with Crippen molar-refractivity contribution in [3.8, 4) is 0 Å². The molecule has 5 rings (SSSR count). The molecule has 2 atom stereocenters. The van der Waals surface area contributed by atoms with Gasteiger partial charge in [-0.15, -0.1) is 0 Å². The summed E-state index contributed by atoms with van der Waals surface area (Å²) in [5.74, 6) is 0.760. The molecule has 1 aliphatic carbocycles. The van der Waals surface area contributed by atoms with Gasteiger partial charge >= 0.3 is 6.09 Å². The summed E-state index contributed by atoms with van der Waals surface area (Å²) in [6, 6.07) is 4.25. The highest BCUT2D eigenvalue weighted by molar-refractivity contribution is 5.97. The van der Waals surface area contributed by atoms with Gasteiger partial charge in [0.2, 0.25) is 5.91 Å². The van der Waals surface area contributed by atoms with Gasteiger partial charge in [-0.1, -0.05) is 0 Å². The van der Waals surface area contributed by atoms with Gasteiger partial charge in [-0.05, 0) is 52.5 Å². The van der Waals surface area contributed by atoms with Crippen LogP contribution in [-0.2, 0) is 9.53 Å². The van der Waals surface area contributed by atoms with Crippen molar-refractivity contribution in [1.29, 1.82) is 0 Å². The second kappa shape index (κ2) is 6.89. The molecule has 2 aromatic rings. The Hall–Kier alpha value is -2.77. The zero-order valence-electron chi connectivity index (χ0n) is 17.8. The highest BCUT2D eigenvalue weighted by atomic mass is 16.6. The summed E-state index contributed by atoms with van der Waals surface area (Å²) in [5.41, 5.74) is 1.32. The lowest BCUT2D eigenvalue weighted by atomic mass is 10.1. The maximum absolute atomic E-state index is 12.8. The number of nitrogens with one attached hydrogen (secondary N) is 2. The van der Waals surface area contributed by atoms with E-state index in [4.69, 9.17) is 4.74 Å². The number of aromatic amines is 1. The van der Waals surface area contributed by atoms with Gasteiger partial charge in [-0.25, -0.2) is 9.78 Å². The van der Waals surface area contributed by atoms with Gasteiger partial charge < -0.3 is 19.9 Å². The summed E-state index contributed by atoms with van der Waals surface area (Å²) < 4.78 is 5.65. The maximum atomic E-state index is 12.8. The number of fused-ring (bicyclic) bond motifs is 3. The summed E-state index contributed by atoms with van der Waals surface area (Å²) >= 11 is 0. The van der Waals surface area contributed by atoms with Crippen LogP contribution in [0.4, 0.5) is 16.3 Å². The van der Waals surface area contributed by atoms with Crippen LogP contribution in [0.25, 0.3) is 11.0 Å². The lowest BCUT2D eigenvalue weighted by molar-refractivity contribution is -0.117. The van der Waals surface area contributed by atoms with Gasteiger partial charge in [-0.2, -0.15) is 0 Å². The molecular formula is C22H29N5O3. The summed E-state index contributed by atoms with van der Waals surface area (Å²) in [4.78, 5) is 37.0. The van der Waals surface area contributed by atoms with Crippen LogP contribution in [0.2, 0.25) is 0 Å². The average molecular weight is 412 g/mol. The van der Waals surface area contributed by atoms with Gasteiger partial charge in [0.25, 0.3) is 0 Å². The van der Waals surface area contributed by atoms with Gasteiger partial charge in [0.05, 0.1) is 17.8 Å². The fourth-order valence-corrected chi connectivity index (χ4v) is 4.63. The zero-order valence-corrected chi connectivity index (χ0v) is 17.8. The molecule has 2 bridgehead atoms. The number of anilines is 2. The molecule has 8 nitrogen and oxygen atoms in total. The SMILES string of the molecule is CC(C)(C)OC(=O)N1C2CCC1CN(c1cc(NC(=O)C3CC3)nc3[nH]ccc13)C2. The van der Waals surface area contributed by atoms with E-state index in [1.165, 1.54) is 0 Å². The molecular weight excluding hydrogens is 382 g/mol. The van der Waals surface area contributed by atoms with E-state index in [0.29, 0.717) is 5.82 Å². The van der Waals surface area contributed by atoms with Crippen molar-refractivity contribution >= 4 is 34.5 Å². The lowest BCUT2D eigenvalue weighted by Gasteiger charge is -2.42. The molecule has 3 aliphatic rings. The van der Waals surface area contributed by atoms with Crippen LogP contribution in [0.1, 0.15) is 46.5 Å². The van der Waals surface area contributed by atoms with Crippen LogP contribution in [0.15, 0.2) is 18.3 Å². The van der Waals surface area contributed by atoms with E-state index in [0.717, 1.165) is 55.5 Å². The number of piperazine rings is 1. The van der Waals surface area contributed by atoms with Crippen LogP contribution in [-0.4, -0.2) is 57.6 Å². The van der Waals surface area contributed by atoms with Crippen molar-refractivity contribution in [3.05, 3.63) is 18.3 Å². The van der Waals surface area contributed by atoms with Crippen molar-refractivity contribution in [2.45, 2.75) is 64.1 Å². The van der Waals surface area contributed by atoms with Crippen molar-refractivity contribution < 1.29 is 14.3 Å². The number of H-pyrrole nitrogens is 1.